The molecule has 2 fully saturated rings. The Kier molecular flexibility index (Phi) is 5.83. The second kappa shape index (κ2) is 8.27. The van der Waals surface area contributed by atoms with Crippen molar-refractivity contribution in [1.82, 2.24) is 9.80 Å². The Morgan fingerprint density at radius 2 is 1.91 bits per heavy atom. The summed E-state index contributed by atoms with van der Waals surface area (Å²) in [7, 11) is 0. The lowest BCUT2D eigenvalue weighted by molar-refractivity contribution is -0.148. The van der Waals surface area contributed by atoms with Gasteiger partial charge in [-0.05, 0) is 24.8 Å². The number of rotatable bonds is 4. The molecule has 23 heavy (non-hydrogen) atoms. The van der Waals surface area contributed by atoms with Crippen LogP contribution in [0.2, 0.25) is 0 Å². The van der Waals surface area contributed by atoms with Crippen molar-refractivity contribution >= 4 is 12.0 Å². The van der Waals surface area contributed by atoms with Crippen molar-refractivity contribution in [3.63, 3.8) is 0 Å². The monoisotopic (exact) mass is 314 g/mol. The maximum absolute atomic E-state index is 12.4. The van der Waals surface area contributed by atoms with Gasteiger partial charge in [-0.1, -0.05) is 42.5 Å². The Bertz CT molecular complexity index is 515. The Labute approximate surface area is 138 Å². The van der Waals surface area contributed by atoms with Crippen molar-refractivity contribution in [2.24, 2.45) is 0 Å². The summed E-state index contributed by atoms with van der Waals surface area (Å²) in [5, 5.41) is 0. The molecular formula is C19H26N2O2. The molecule has 0 N–H and O–H groups in total. The van der Waals surface area contributed by atoms with E-state index < -0.39 is 0 Å². The van der Waals surface area contributed by atoms with Gasteiger partial charge in [0.2, 0.25) is 0 Å². The van der Waals surface area contributed by atoms with E-state index in [0.29, 0.717) is 0 Å². The summed E-state index contributed by atoms with van der Waals surface area (Å²) in [6.07, 6.45) is 7.27. The summed E-state index contributed by atoms with van der Waals surface area (Å²) < 4.78 is 5.62. The number of hydrogen-bond acceptors (Lipinski definition) is 3. The predicted octanol–water partition coefficient (Wildman–Crippen LogP) is 2.41. The standard InChI is InChI=1S/C19H26N2O2/c22-19(18-10-4-5-16-23-18)21-14-12-20(13-15-21)11-6-9-17-7-2-1-3-8-17/h1-3,6-9,18H,4-5,10-16H2/b9-6+. The van der Waals surface area contributed by atoms with Crippen molar-refractivity contribution in [1.29, 1.82) is 0 Å². The van der Waals surface area contributed by atoms with Gasteiger partial charge in [-0.15, -0.1) is 0 Å². The van der Waals surface area contributed by atoms with Crippen LogP contribution in [0.5, 0.6) is 0 Å². The SMILES string of the molecule is O=C(C1CCCCO1)N1CCN(C/C=C/c2ccccc2)CC1. The number of ether oxygens (including phenoxy) is 1. The van der Waals surface area contributed by atoms with E-state index in [1.165, 1.54) is 5.56 Å². The molecule has 2 saturated heterocycles. The van der Waals surface area contributed by atoms with Crippen molar-refractivity contribution in [2.75, 3.05) is 39.3 Å². The minimum atomic E-state index is -0.187. The van der Waals surface area contributed by atoms with Crippen LogP contribution >= 0.6 is 0 Å². The second-order valence-electron chi connectivity index (χ2n) is 6.29. The fourth-order valence-electron chi connectivity index (χ4n) is 3.19. The number of benzene rings is 1. The molecule has 2 aliphatic heterocycles. The van der Waals surface area contributed by atoms with E-state index in [-0.39, 0.29) is 12.0 Å². The van der Waals surface area contributed by atoms with Crippen LogP contribution in [0.15, 0.2) is 36.4 Å². The summed E-state index contributed by atoms with van der Waals surface area (Å²) in [5.74, 6) is 0.198. The van der Waals surface area contributed by atoms with E-state index in [9.17, 15) is 4.79 Å². The number of carbonyl (C=O) groups is 1. The summed E-state index contributed by atoms with van der Waals surface area (Å²) in [5.41, 5.74) is 1.23. The normalized spacial score (nSPS) is 23.3. The minimum Gasteiger partial charge on any atom is -0.368 e. The zero-order chi connectivity index (χ0) is 15.9. The molecule has 3 rings (SSSR count). The first-order valence-corrected chi connectivity index (χ1v) is 8.67. The van der Waals surface area contributed by atoms with Crippen molar-refractivity contribution < 1.29 is 9.53 Å². The average molecular weight is 314 g/mol. The number of piperazine rings is 1. The molecule has 4 heteroatoms. The Morgan fingerprint density at radius 3 is 2.61 bits per heavy atom. The van der Waals surface area contributed by atoms with Gasteiger partial charge in [-0.2, -0.15) is 0 Å². The molecule has 1 atom stereocenters. The highest BCUT2D eigenvalue weighted by molar-refractivity contribution is 5.81. The summed E-state index contributed by atoms with van der Waals surface area (Å²) in [6, 6.07) is 10.4. The molecule has 0 aromatic heterocycles. The van der Waals surface area contributed by atoms with Crippen LogP contribution in [0, 0.1) is 0 Å². The third-order valence-corrected chi connectivity index (χ3v) is 4.61. The Hall–Kier alpha value is -1.65. The fraction of sp³-hybridized carbons (Fsp3) is 0.526. The maximum Gasteiger partial charge on any atom is 0.251 e. The molecule has 1 amide bonds. The van der Waals surface area contributed by atoms with Crippen LogP contribution in [0.3, 0.4) is 0 Å². The van der Waals surface area contributed by atoms with Gasteiger partial charge in [0.05, 0.1) is 0 Å². The number of hydrogen-bond donors (Lipinski definition) is 0. The largest absolute Gasteiger partial charge is 0.368 e. The molecule has 0 spiro atoms. The molecule has 1 aromatic carbocycles. The van der Waals surface area contributed by atoms with Gasteiger partial charge in [0, 0.05) is 39.3 Å². The van der Waals surface area contributed by atoms with Gasteiger partial charge in [0.25, 0.3) is 5.91 Å². The molecule has 0 bridgehead atoms. The highest BCUT2D eigenvalue weighted by Crippen LogP contribution is 2.16. The first-order valence-electron chi connectivity index (χ1n) is 8.67. The second-order valence-corrected chi connectivity index (χ2v) is 6.29. The molecule has 0 aliphatic carbocycles. The lowest BCUT2D eigenvalue weighted by atomic mass is 10.1. The maximum atomic E-state index is 12.4. The van der Waals surface area contributed by atoms with E-state index in [1.807, 2.05) is 11.0 Å². The first-order chi connectivity index (χ1) is 11.3. The van der Waals surface area contributed by atoms with Crippen LogP contribution in [-0.2, 0) is 9.53 Å². The Morgan fingerprint density at radius 1 is 1.13 bits per heavy atom. The van der Waals surface area contributed by atoms with Gasteiger partial charge < -0.3 is 9.64 Å². The van der Waals surface area contributed by atoms with Gasteiger partial charge in [0.15, 0.2) is 0 Å². The quantitative estimate of drug-likeness (QED) is 0.855. The summed E-state index contributed by atoms with van der Waals surface area (Å²) in [6.45, 7) is 5.20. The van der Waals surface area contributed by atoms with E-state index in [4.69, 9.17) is 4.74 Å². The highest BCUT2D eigenvalue weighted by Gasteiger charge is 2.28. The lowest BCUT2D eigenvalue weighted by Gasteiger charge is -2.36. The predicted molar refractivity (Wildman–Crippen MR) is 92.1 cm³/mol. The van der Waals surface area contributed by atoms with E-state index >= 15 is 0 Å². The van der Waals surface area contributed by atoms with Gasteiger partial charge in [-0.25, -0.2) is 0 Å². The molecule has 1 unspecified atom stereocenters. The smallest absolute Gasteiger partial charge is 0.251 e. The van der Waals surface area contributed by atoms with Crippen LogP contribution in [0.1, 0.15) is 24.8 Å². The zero-order valence-electron chi connectivity index (χ0n) is 13.7. The minimum absolute atomic E-state index is 0.187. The number of amides is 1. The lowest BCUT2D eigenvalue weighted by Crippen LogP contribution is -2.52. The molecule has 0 radical (unpaired) electrons. The van der Waals surface area contributed by atoms with E-state index in [2.05, 4.69) is 41.3 Å². The molecule has 4 nitrogen and oxygen atoms in total. The topological polar surface area (TPSA) is 32.8 Å². The summed E-state index contributed by atoms with van der Waals surface area (Å²) in [4.78, 5) is 16.8. The zero-order valence-corrected chi connectivity index (χ0v) is 13.7. The number of nitrogens with zero attached hydrogens (tertiary/aromatic N) is 2. The average Bonchev–Trinajstić information content (AvgIpc) is 2.63. The van der Waals surface area contributed by atoms with Crippen LogP contribution in [0.25, 0.3) is 6.08 Å². The molecule has 2 aliphatic rings. The van der Waals surface area contributed by atoms with Crippen LogP contribution in [0.4, 0.5) is 0 Å². The molecule has 124 valence electrons. The van der Waals surface area contributed by atoms with Crippen molar-refractivity contribution in [3.05, 3.63) is 42.0 Å². The molecular weight excluding hydrogens is 288 g/mol. The van der Waals surface area contributed by atoms with Crippen molar-refractivity contribution in [3.8, 4) is 0 Å². The molecule has 2 heterocycles. The van der Waals surface area contributed by atoms with E-state index in [0.717, 1.165) is 58.6 Å². The van der Waals surface area contributed by atoms with Crippen molar-refractivity contribution in [2.45, 2.75) is 25.4 Å². The first kappa shape index (κ1) is 16.2. The van der Waals surface area contributed by atoms with Gasteiger partial charge in [0.1, 0.15) is 6.10 Å². The Balaban J connectivity index is 1.41. The third-order valence-electron chi connectivity index (χ3n) is 4.61. The molecule has 1 aromatic rings. The van der Waals surface area contributed by atoms with Gasteiger partial charge >= 0.3 is 0 Å². The highest BCUT2D eigenvalue weighted by atomic mass is 16.5. The van der Waals surface area contributed by atoms with Gasteiger partial charge in [-0.3, -0.25) is 9.69 Å². The third kappa shape index (κ3) is 4.66. The summed E-state index contributed by atoms with van der Waals surface area (Å²) >= 11 is 0. The van der Waals surface area contributed by atoms with E-state index in [1.54, 1.807) is 0 Å². The number of carbonyl (C=O) groups excluding carboxylic acids is 1. The van der Waals surface area contributed by atoms with Crippen LogP contribution < -0.4 is 0 Å². The fourth-order valence-corrected chi connectivity index (χ4v) is 3.19. The van der Waals surface area contributed by atoms with Crippen LogP contribution in [-0.4, -0.2) is 61.1 Å². The molecule has 0 saturated carbocycles.